The van der Waals surface area contributed by atoms with Gasteiger partial charge in [-0.15, -0.1) is 0 Å². The van der Waals surface area contributed by atoms with Crippen molar-refractivity contribution in [1.29, 1.82) is 0 Å². The van der Waals surface area contributed by atoms with Gasteiger partial charge in [-0.05, 0) is 30.7 Å². The molecular formula is C14H15N3O2. The molecule has 5 nitrogen and oxygen atoms in total. The molecule has 0 amide bonds. The number of benzene rings is 2. The normalized spacial score (nSPS) is 10.2. The molecule has 0 saturated heterocycles. The van der Waals surface area contributed by atoms with Gasteiger partial charge in [-0.1, -0.05) is 18.2 Å². The van der Waals surface area contributed by atoms with E-state index in [1.165, 1.54) is 6.07 Å². The fraction of sp³-hybridized carbons (Fsp3) is 0.143. The largest absolute Gasteiger partial charge is 0.393 e. The summed E-state index contributed by atoms with van der Waals surface area (Å²) in [6.45, 7) is 2.01. The number of nitro benzene ring substituents is 1. The lowest BCUT2D eigenvalue weighted by molar-refractivity contribution is -0.383. The monoisotopic (exact) mass is 257 g/mol. The van der Waals surface area contributed by atoms with Gasteiger partial charge in [0.2, 0.25) is 0 Å². The molecule has 2 N–H and O–H groups in total. The van der Waals surface area contributed by atoms with Crippen LogP contribution in [-0.2, 0) is 0 Å². The molecule has 0 aliphatic rings. The second kappa shape index (κ2) is 4.97. The maximum Gasteiger partial charge on any atom is 0.292 e. The lowest BCUT2D eigenvalue weighted by Gasteiger charge is -2.21. The Morgan fingerprint density at radius 3 is 2.47 bits per heavy atom. The summed E-state index contributed by atoms with van der Waals surface area (Å²) in [5.41, 5.74) is 8.79. The molecule has 2 aromatic rings. The fourth-order valence-corrected chi connectivity index (χ4v) is 2.00. The van der Waals surface area contributed by atoms with E-state index < -0.39 is 4.92 Å². The summed E-state index contributed by atoms with van der Waals surface area (Å²) >= 11 is 0. The predicted octanol–water partition coefficient (Wildman–Crippen LogP) is 3.25. The van der Waals surface area contributed by atoms with Gasteiger partial charge in [0.1, 0.15) is 5.69 Å². The number of rotatable bonds is 3. The Kier molecular flexibility index (Phi) is 3.37. The smallest absolute Gasteiger partial charge is 0.292 e. The van der Waals surface area contributed by atoms with Crippen LogP contribution >= 0.6 is 0 Å². The van der Waals surface area contributed by atoms with Crippen molar-refractivity contribution in [3.8, 4) is 0 Å². The summed E-state index contributed by atoms with van der Waals surface area (Å²) in [5.74, 6) is 0. The second-order valence-electron chi connectivity index (χ2n) is 4.35. The highest BCUT2D eigenvalue weighted by Gasteiger charge is 2.14. The summed E-state index contributed by atoms with van der Waals surface area (Å²) in [4.78, 5) is 12.2. The minimum atomic E-state index is -0.479. The van der Waals surface area contributed by atoms with E-state index >= 15 is 0 Å². The summed E-state index contributed by atoms with van der Waals surface area (Å²) < 4.78 is 0. The molecule has 0 unspecified atom stereocenters. The van der Waals surface area contributed by atoms with Crippen LogP contribution in [0.15, 0.2) is 42.5 Å². The molecule has 0 bridgehead atoms. The van der Waals surface area contributed by atoms with Crippen molar-refractivity contribution in [1.82, 2.24) is 0 Å². The maximum atomic E-state index is 10.7. The van der Waals surface area contributed by atoms with Crippen molar-refractivity contribution >= 4 is 22.7 Å². The fourth-order valence-electron chi connectivity index (χ4n) is 2.00. The molecule has 19 heavy (non-hydrogen) atoms. The van der Waals surface area contributed by atoms with E-state index in [0.717, 1.165) is 16.9 Å². The molecule has 0 heterocycles. The van der Waals surface area contributed by atoms with Gasteiger partial charge in [0.15, 0.2) is 0 Å². The highest BCUT2D eigenvalue weighted by Crippen LogP contribution is 2.31. The van der Waals surface area contributed by atoms with Crippen molar-refractivity contribution in [3.05, 3.63) is 58.1 Å². The van der Waals surface area contributed by atoms with E-state index in [1.54, 1.807) is 12.1 Å². The Bertz CT molecular complexity index is 626. The quantitative estimate of drug-likeness (QED) is 0.520. The third kappa shape index (κ3) is 2.49. The maximum absolute atomic E-state index is 10.7. The number of nitrogens with two attached hydrogens (primary N) is 1. The molecule has 0 saturated carbocycles. The second-order valence-corrected chi connectivity index (χ2v) is 4.35. The van der Waals surface area contributed by atoms with Crippen molar-refractivity contribution in [2.45, 2.75) is 6.92 Å². The lowest BCUT2D eigenvalue weighted by atomic mass is 10.1. The Balaban J connectivity index is 2.40. The van der Waals surface area contributed by atoms with Crippen LogP contribution in [-0.4, -0.2) is 12.0 Å². The average Bonchev–Trinajstić information content (AvgIpc) is 2.38. The molecule has 98 valence electrons. The first kappa shape index (κ1) is 12.9. The number of aryl methyl sites for hydroxylation is 1. The summed E-state index contributed by atoms with van der Waals surface area (Å²) in [5, 5.41) is 10.7. The number of hydrogen-bond donors (Lipinski definition) is 1. The zero-order chi connectivity index (χ0) is 14.0. The zero-order valence-corrected chi connectivity index (χ0v) is 10.8. The van der Waals surface area contributed by atoms with Crippen LogP contribution in [0.4, 0.5) is 22.7 Å². The Hall–Kier alpha value is -2.56. The number of nitrogens with zero attached hydrogens (tertiary/aromatic N) is 2. The van der Waals surface area contributed by atoms with Crippen LogP contribution in [0.1, 0.15) is 5.56 Å². The summed E-state index contributed by atoms with van der Waals surface area (Å²) in [6, 6.07) is 12.7. The molecule has 0 aliphatic heterocycles. The molecule has 0 aliphatic carbocycles. The van der Waals surface area contributed by atoms with Gasteiger partial charge in [-0.3, -0.25) is 10.1 Å². The highest BCUT2D eigenvalue weighted by atomic mass is 16.6. The van der Waals surface area contributed by atoms with Crippen molar-refractivity contribution in [3.63, 3.8) is 0 Å². The first-order valence-electron chi connectivity index (χ1n) is 5.84. The van der Waals surface area contributed by atoms with Gasteiger partial charge in [-0.25, -0.2) is 0 Å². The molecule has 0 fully saturated rings. The van der Waals surface area contributed by atoms with E-state index in [9.17, 15) is 10.1 Å². The molecule has 0 radical (unpaired) electrons. The van der Waals surface area contributed by atoms with Gasteiger partial charge in [0.05, 0.1) is 4.92 Å². The highest BCUT2D eigenvalue weighted by molar-refractivity contribution is 5.72. The molecule has 2 rings (SSSR count). The SMILES string of the molecule is Cc1ccccc1N(C)c1ccc([N+](=O)[O-])c(N)c1. The lowest BCUT2D eigenvalue weighted by Crippen LogP contribution is -2.11. The zero-order valence-electron chi connectivity index (χ0n) is 10.8. The molecule has 0 spiro atoms. The average molecular weight is 257 g/mol. The van der Waals surface area contributed by atoms with Crippen molar-refractivity contribution in [2.75, 3.05) is 17.7 Å². The van der Waals surface area contributed by atoms with Gasteiger partial charge >= 0.3 is 0 Å². The first-order valence-corrected chi connectivity index (χ1v) is 5.84. The number of anilines is 3. The number of nitro groups is 1. The van der Waals surface area contributed by atoms with Crippen LogP contribution < -0.4 is 10.6 Å². The van der Waals surface area contributed by atoms with Crippen molar-refractivity contribution in [2.24, 2.45) is 0 Å². The number of para-hydroxylation sites is 1. The Labute approximate surface area is 111 Å². The molecular weight excluding hydrogens is 242 g/mol. The first-order chi connectivity index (χ1) is 9.00. The number of nitrogen functional groups attached to an aromatic ring is 1. The predicted molar refractivity (Wildman–Crippen MR) is 76.8 cm³/mol. The van der Waals surface area contributed by atoms with E-state index in [4.69, 9.17) is 5.73 Å². The standard InChI is InChI=1S/C14H15N3O2/c1-10-5-3-4-6-13(10)16(2)11-7-8-14(17(18)19)12(15)9-11/h3-9H,15H2,1-2H3. The van der Waals surface area contributed by atoms with Crippen LogP contribution in [0.3, 0.4) is 0 Å². The molecule has 0 atom stereocenters. The minimum absolute atomic E-state index is 0.0677. The summed E-state index contributed by atoms with van der Waals surface area (Å²) in [6.07, 6.45) is 0. The van der Waals surface area contributed by atoms with Gasteiger partial charge in [-0.2, -0.15) is 0 Å². The van der Waals surface area contributed by atoms with E-state index in [1.807, 2.05) is 43.1 Å². The Morgan fingerprint density at radius 2 is 1.89 bits per heavy atom. The summed E-state index contributed by atoms with van der Waals surface area (Å²) in [7, 11) is 1.91. The van der Waals surface area contributed by atoms with Crippen LogP contribution in [0.5, 0.6) is 0 Å². The minimum Gasteiger partial charge on any atom is -0.393 e. The van der Waals surface area contributed by atoms with Crippen molar-refractivity contribution < 1.29 is 4.92 Å². The molecule has 0 aromatic heterocycles. The van der Waals surface area contributed by atoms with Crippen LogP contribution in [0, 0.1) is 17.0 Å². The van der Waals surface area contributed by atoms with Crippen LogP contribution in [0.2, 0.25) is 0 Å². The molecule has 5 heteroatoms. The number of hydrogen-bond acceptors (Lipinski definition) is 4. The third-order valence-corrected chi connectivity index (χ3v) is 3.07. The third-order valence-electron chi connectivity index (χ3n) is 3.07. The van der Waals surface area contributed by atoms with Gasteiger partial charge in [0, 0.05) is 24.5 Å². The van der Waals surface area contributed by atoms with E-state index in [-0.39, 0.29) is 11.4 Å². The molecule has 2 aromatic carbocycles. The van der Waals surface area contributed by atoms with Crippen LogP contribution in [0.25, 0.3) is 0 Å². The van der Waals surface area contributed by atoms with Gasteiger partial charge in [0.25, 0.3) is 5.69 Å². The van der Waals surface area contributed by atoms with E-state index in [0.29, 0.717) is 0 Å². The topological polar surface area (TPSA) is 72.4 Å². The Morgan fingerprint density at radius 1 is 1.21 bits per heavy atom. The van der Waals surface area contributed by atoms with E-state index in [2.05, 4.69) is 0 Å². The van der Waals surface area contributed by atoms with Gasteiger partial charge < -0.3 is 10.6 Å².